The molecule has 0 aliphatic rings. The molecule has 0 aliphatic carbocycles. The van der Waals surface area contributed by atoms with Crippen LogP contribution in [0, 0.1) is 0 Å². The predicted molar refractivity (Wildman–Crippen MR) is 79.2 cm³/mol. The standard InChI is InChI=1S/C13H19ClN2O3S/c1-10(2)16(11(3)17)9-8-15-20(18,19)13-6-4-12(14)5-7-13/h4-7,10,15H,8-9H2,1-3H3. The topological polar surface area (TPSA) is 66.5 Å². The molecule has 0 aromatic heterocycles. The number of sulfonamides is 1. The molecule has 0 saturated heterocycles. The Morgan fingerprint density at radius 3 is 2.30 bits per heavy atom. The van der Waals surface area contributed by atoms with Gasteiger partial charge >= 0.3 is 0 Å². The molecule has 7 heteroatoms. The first kappa shape index (κ1) is 16.9. The average molecular weight is 319 g/mol. The Bertz CT molecular complexity index is 555. The Morgan fingerprint density at radius 1 is 1.30 bits per heavy atom. The van der Waals surface area contributed by atoms with Crippen molar-refractivity contribution in [3.63, 3.8) is 0 Å². The lowest BCUT2D eigenvalue weighted by molar-refractivity contribution is -0.130. The molecule has 0 unspecified atom stereocenters. The quantitative estimate of drug-likeness (QED) is 0.871. The van der Waals surface area contributed by atoms with Crippen molar-refractivity contribution in [3.05, 3.63) is 29.3 Å². The van der Waals surface area contributed by atoms with E-state index in [0.717, 1.165) is 0 Å². The zero-order valence-electron chi connectivity index (χ0n) is 11.8. The third-order valence-electron chi connectivity index (χ3n) is 2.80. The Kier molecular flexibility index (Phi) is 5.98. The summed E-state index contributed by atoms with van der Waals surface area (Å²) in [6.07, 6.45) is 0. The summed E-state index contributed by atoms with van der Waals surface area (Å²) < 4.78 is 26.5. The summed E-state index contributed by atoms with van der Waals surface area (Å²) in [7, 11) is -3.57. The van der Waals surface area contributed by atoms with E-state index in [1.165, 1.54) is 31.2 Å². The highest BCUT2D eigenvalue weighted by molar-refractivity contribution is 7.89. The van der Waals surface area contributed by atoms with Gasteiger partial charge in [0.25, 0.3) is 0 Å². The van der Waals surface area contributed by atoms with Crippen LogP contribution in [-0.2, 0) is 14.8 Å². The number of rotatable bonds is 6. The number of nitrogens with zero attached hydrogens (tertiary/aromatic N) is 1. The van der Waals surface area contributed by atoms with Crippen LogP contribution in [0.25, 0.3) is 0 Å². The maximum Gasteiger partial charge on any atom is 0.240 e. The molecule has 0 aliphatic heterocycles. The van der Waals surface area contributed by atoms with Gasteiger partial charge in [0.05, 0.1) is 4.90 Å². The molecule has 112 valence electrons. The van der Waals surface area contributed by atoms with Crippen LogP contribution in [-0.4, -0.2) is 38.4 Å². The number of carbonyl (C=O) groups is 1. The number of hydrogen-bond acceptors (Lipinski definition) is 3. The highest BCUT2D eigenvalue weighted by Crippen LogP contribution is 2.13. The first-order valence-electron chi connectivity index (χ1n) is 6.26. The average Bonchev–Trinajstić information content (AvgIpc) is 2.34. The second-order valence-electron chi connectivity index (χ2n) is 4.66. The van der Waals surface area contributed by atoms with Crippen molar-refractivity contribution in [3.8, 4) is 0 Å². The van der Waals surface area contributed by atoms with Crippen LogP contribution in [0.3, 0.4) is 0 Å². The first-order valence-corrected chi connectivity index (χ1v) is 8.12. The van der Waals surface area contributed by atoms with Crippen molar-refractivity contribution < 1.29 is 13.2 Å². The number of benzene rings is 1. The van der Waals surface area contributed by atoms with Crippen LogP contribution in [0.2, 0.25) is 5.02 Å². The molecule has 0 spiro atoms. The van der Waals surface area contributed by atoms with Gasteiger partial charge in [0.2, 0.25) is 15.9 Å². The van der Waals surface area contributed by atoms with Crippen molar-refractivity contribution in [1.29, 1.82) is 0 Å². The van der Waals surface area contributed by atoms with Crippen molar-refractivity contribution >= 4 is 27.5 Å². The van der Waals surface area contributed by atoms with Gasteiger partial charge in [-0.15, -0.1) is 0 Å². The summed E-state index contributed by atoms with van der Waals surface area (Å²) in [5.74, 6) is -0.0781. The van der Waals surface area contributed by atoms with Gasteiger partial charge in [0.1, 0.15) is 0 Å². The summed E-state index contributed by atoms with van der Waals surface area (Å²) >= 11 is 5.72. The van der Waals surface area contributed by atoms with Gasteiger partial charge in [-0.3, -0.25) is 4.79 Å². The minimum absolute atomic E-state index is 0.0348. The van der Waals surface area contributed by atoms with Gasteiger partial charge in [0.15, 0.2) is 0 Å². The third-order valence-corrected chi connectivity index (χ3v) is 4.53. The van der Waals surface area contributed by atoms with Crippen LogP contribution >= 0.6 is 11.6 Å². The Labute approximate surface area is 125 Å². The van der Waals surface area contributed by atoms with Crippen LogP contribution in [0.4, 0.5) is 0 Å². The molecule has 1 aromatic carbocycles. The number of hydrogen-bond donors (Lipinski definition) is 1. The summed E-state index contributed by atoms with van der Waals surface area (Å²) in [5.41, 5.74) is 0. The van der Waals surface area contributed by atoms with E-state index in [0.29, 0.717) is 11.6 Å². The lowest BCUT2D eigenvalue weighted by atomic mass is 10.3. The summed E-state index contributed by atoms with van der Waals surface area (Å²) in [6, 6.07) is 5.96. The molecular weight excluding hydrogens is 300 g/mol. The third kappa shape index (κ3) is 4.77. The normalized spacial score (nSPS) is 11.7. The Balaban J connectivity index is 2.64. The molecule has 1 amide bonds. The molecule has 0 saturated carbocycles. The predicted octanol–water partition coefficient (Wildman–Crippen LogP) is 1.88. The van der Waals surface area contributed by atoms with Crippen LogP contribution < -0.4 is 4.72 Å². The monoisotopic (exact) mass is 318 g/mol. The maximum absolute atomic E-state index is 12.0. The summed E-state index contributed by atoms with van der Waals surface area (Å²) in [5, 5.41) is 0.478. The zero-order chi connectivity index (χ0) is 15.3. The SMILES string of the molecule is CC(=O)N(CCNS(=O)(=O)c1ccc(Cl)cc1)C(C)C. The number of halogens is 1. The minimum atomic E-state index is -3.57. The lowest BCUT2D eigenvalue weighted by Crippen LogP contribution is -2.41. The summed E-state index contributed by atoms with van der Waals surface area (Å²) in [6.45, 7) is 5.74. The van der Waals surface area contributed by atoms with Gasteiger partial charge in [-0.25, -0.2) is 13.1 Å². The molecule has 0 radical (unpaired) electrons. The lowest BCUT2D eigenvalue weighted by Gasteiger charge is -2.25. The molecule has 1 aromatic rings. The van der Waals surface area contributed by atoms with E-state index in [4.69, 9.17) is 11.6 Å². The second kappa shape index (κ2) is 7.06. The molecule has 1 rings (SSSR count). The van der Waals surface area contributed by atoms with Crippen molar-refractivity contribution in [2.45, 2.75) is 31.7 Å². The maximum atomic E-state index is 12.0. The Morgan fingerprint density at radius 2 is 1.85 bits per heavy atom. The highest BCUT2D eigenvalue weighted by Gasteiger charge is 2.16. The van der Waals surface area contributed by atoms with Gasteiger partial charge < -0.3 is 4.90 Å². The van der Waals surface area contributed by atoms with E-state index in [-0.39, 0.29) is 23.4 Å². The van der Waals surface area contributed by atoms with Crippen molar-refractivity contribution in [2.24, 2.45) is 0 Å². The van der Waals surface area contributed by atoms with Gasteiger partial charge in [-0.1, -0.05) is 11.6 Å². The second-order valence-corrected chi connectivity index (χ2v) is 6.86. The number of carbonyl (C=O) groups excluding carboxylic acids is 1. The van der Waals surface area contributed by atoms with Gasteiger partial charge in [-0.05, 0) is 38.1 Å². The number of amides is 1. The van der Waals surface area contributed by atoms with Crippen molar-refractivity contribution in [2.75, 3.05) is 13.1 Å². The molecule has 0 fully saturated rings. The highest BCUT2D eigenvalue weighted by atomic mass is 35.5. The Hall–Kier alpha value is -1.11. The van der Waals surface area contributed by atoms with E-state index in [2.05, 4.69) is 4.72 Å². The van der Waals surface area contributed by atoms with Gasteiger partial charge in [-0.2, -0.15) is 0 Å². The molecule has 0 atom stereocenters. The van der Waals surface area contributed by atoms with Crippen LogP contribution in [0.15, 0.2) is 29.2 Å². The van der Waals surface area contributed by atoms with E-state index in [9.17, 15) is 13.2 Å². The number of nitrogens with one attached hydrogen (secondary N) is 1. The fourth-order valence-electron chi connectivity index (χ4n) is 1.78. The molecule has 0 bridgehead atoms. The van der Waals surface area contributed by atoms with Crippen molar-refractivity contribution in [1.82, 2.24) is 9.62 Å². The fraction of sp³-hybridized carbons (Fsp3) is 0.462. The van der Waals surface area contributed by atoms with Crippen LogP contribution in [0.5, 0.6) is 0 Å². The summed E-state index contributed by atoms with van der Waals surface area (Å²) in [4.78, 5) is 13.1. The smallest absolute Gasteiger partial charge is 0.240 e. The fourth-order valence-corrected chi connectivity index (χ4v) is 2.92. The molecule has 1 N–H and O–H groups in total. The van der Waals surface area contributed by atoms with E-state index < -0.39 is 10.0 Å². The van der Waals surface area contributed by atoms with E-state index in [1.807, 2.05) is 13.8 Å². The minimum Gasteiger partial charge on any atom is -0.339 e. The van der Waals surface area contributed by atoms with Gasteiger partial charge in [0, 0.05) is 31.1 Å². The van der Waals surface area contributed by atoms with E-state index in [1.54, 1.807) is 4.90 Å². The van der Waals surface area contributed by atoms with E-state index >= 15 is 0 Å². The first-order chi connectivity index (χ1) is 9.24. The molecule has 20 heavy (non-hydrogen) atoms. The van der Waals surface area contributed by atoms with Crippen LogP contribution in [0.1, 0.15) is 20.8 Å². The zero-order valence-corrected chi connectivity index (χ0v) is 13.3. The molecular formula is C13H19ClN2O3S. The molecule has 0 heterocycles. The largest absolute Gasteiger partial charge is 0.339 e. The molecule has 5 nitrogen and oxygen atoms in total.